The predicted octanol–water partition coefficient (Wildman–Crippen LogP) is 4.76. The highest BCUT2D eigenvalue weighted by Crippen LogP contribution is 2.34. The zero-order valence-corrected chi connectivity index (χ0v) is 19.1. The van der Waals surface area contributed by atoms with Gasteiger partial charge in [-0.25, -0.2) is 0 Å². The molecule has 1 heterocycles. The number of halogens is 6. The van der Waals surface area contributed by atoms with Crippen LogP contribution in [-0.4, -0.2) is 37.8 Å². The number of rotatable bonds is 6. The van der Waals surface area contributed by atoms with E-state index < -0.39 is 23.6 Å². The molecule has 0 fully saturated rings. The Hall–Kier alpha value is -2.34. The monoisotopic (exact) mass is 525 g/mol. The number of benzene rings is 2. The van der Waals surface area contributed by atoms with Crippen LogP contribution < -0.4 is 15.8 Å². The van der Waals surface area contributed by atoms with Gasteiger partial charge in [-0.05, 0) is 31.2 Å². The molecule has 0 aliphatic carbocycles. The minimum absolute atomic E-state index is 0.106. The van der Waals surface area contributed by atoms with Crippen molar-refractivity contribution < 1.29 is 22.7 Å². The van der Waals surface area contributed by atoms with E-state index >= 15 is 0 Å². The fraction of sp³-hybridized carbons (Fsp3) is 0.222. The fourth-order valence-corrected chi connectivity index (χ4v) is 3.49. The van der Waals surface area contributed by atoms with E-state index in [1.807, 2.05) is 0 Å². The van der Waals surface area contributed by atoms with E-state index in [0.717, 1.165) is 12.1 Å². The number of nitrogens with zero attached hydrogens (tertiary/aromatic N) is 3. The normalized spacial score (nSPS) is 13.6. The molecule has 0 aliphatic heterocycles. The highest BCUT2D eigenvalue weighted by Gasteiger charge is 2.34. The first-order valence-corrected chi connectivity index (χ1v) is 10.2. The maximum absolute atomic E-state index is 12.7. The molecule has 0 aliphatic rings. The maximum atomic E-state index is 12.7. The van der Waals surface area contributed by atoms with Crippen molar-refractivity contribution in [2.75, 3.05) is 0 Å². The Morgan fingerprint density at radius 1 is 1.19 bits per heavy atom. The summed E-state index contributed by atoms with van der Waals surface area (Å²) in [5.41, 5.74) is 4.87. The molecule has 1 unspecified atom stereocenters. The number of amides is 1. The molecule has 32 heavy (non-hydrogen) atoms. The number of nitrogens with two attached hydrogens (primary N) is 1. The first-order valence-electron chi connectivity index (χ1n) is 8.65. The first kappa shape index (κ1) is 24.3. The lowest BCUT2D eigenvalue weighted by Crippen LogP contribution is -2.57. The number of carbonyl (C=O) groups is 1. The molecule has 0 saturated carbocycles. The van der Waals surface area contributed by atoms with Crippen LogP contribution in [0.25, 0.3) is 11.0 Å². The van der Waals surface area contributed by atoms with Gasteiger partial charge in [0.2, 0.25) is 0 Å². The maximum Gasteiger partial charge on any atom is 0.573 e. The average molecular weight is 527 g/mol. The summed E-state index contributed by atoms with van der Waals surface area (Å²) in [4.78, 5) is 13.8. The van der Waals surface area contributed by atoms with E-state index in [-0.39, 0.29) is 43.2 Å². The van der Waals surface area contributed by atoms with E-state index in [2.05, 4.69) is 20.3 Å². The molecule has 1 amide bonds. The number of aromatic nitrogens is 3. The van der Waals surface area contributed by atoms with Gasteiger partial charge in [-0.15, -0.1) is 13.2 Å². The number of hydrogen-bond donors (Lipinski definition) is 2. The van der Waals surface area contributed by atoms with E-state index in [1.54, 1.807) is 0 Å². The summed E-state index contributed by atoms with van der Waals surface area (Å²) in [6.07, 6.45) is -4.90. The van der Waals surface area contributed by atoms with E-state index in [4.69, 9.17) is 52.8 Å². The minimum Gasteiger partial charge on any atom is -0.406 e. The summed E-state index contributed by atoms with van der Waals surface area (Å²) in [5, 5.41) is 11.6. The molecule has 3 aromatic rings. The van der Waals surface area contributed by atoms with Crippen molar-refractivity contribution in [1.82, 2.24) is 20.3 Å². The summed E-state index contributed by atoms with van der Waals surface area (Å²) in [6.45, 7) is 1.37. The zero-order chi connectivity index (χ0) is 23.8. The van der Waals surface area contributed by atoms with Crippen LogP contribution >= 0.6 is 47.0 Å². The van der Waals surface area contributed by atoms with Crippen LogP contribution in [0.5, 0.6) is 5.75 Å². The van der Waals surface area contributed by atoms with Crippen molar-refractivity contribution in [1.29, 1.82) is 0 Å². The van der Waals surface area contributed by atoms with Crippen molar-refractivity contribution >= 4 is 68.9 Å². The molecule has 3 rings (SSSR count). The van der Waals surface area contributed by atoms with E-state index in [9.17, 15) is 18.0 Å². The summed E-state index contributed by atoms with van der Waals surface area (Å²) >= 11 is 23.4. The molecular weight excluding hydrogens is 514 g/mol. The van der Waals surface area contributed by atoms with Crippen LogP contribution in [0.15, 0.2) is 30.3 Å². The largest absolute Gasteiger partial charge is 0.573 e. The van der Waals surface area contributed by atoms with Crippen LogP contribution in [0.3, 0.4) is 0 Å². The lowest BCUT2D eigenvalue weighted by molar-refractivity contribution is -0.274. The minimum atomic E-state index is -4.90. The second-order valence-corrected chi connectivity index (χ2v) is 8.44. The Kier molecular flexibility index (Phi) is 6.75. The summed E-state index contributed by atoms with van der Waals surface area (Å²) in [5.74, 6) is -1.30. The topological polar surface area (TPSA) is 95.1 Å². The zero-order valence-electron chi connectivity index (χ0n) is 16.0. The lowest BCUT2D eigenvalue weighted by atomic mass is 10.0. The Morgan fingerprint density at radius 2 is 1.84 bits per heavy atom. The quantitative estimate of drug-likeness (QED) is 0.355. The summed E-state index contributed by atoms with van der Waals surface area (Å²) in [7, 11) is 0. The summed E-state index contributed by atoms with van der Waals surface area (Å²) < 4.78 is 41.2. The Balaban J connectivity index is 1.88. The molecule has 1 atom stereocenters. The third-order valence-electron chi connectivity index (χ3n) is 4.27. The van der Waals surface area contributed by atoms with Gasteiger partial charge in [0.15, 0.2) is 0 Å². The van der Waals surface area contributed by atoms with Gasteiger partial charge in [0, 0.05) is 5.56 Å². The molecule has 14 heteroatoms. The van der Waals surface area contributed by atoms with Crippen molar-refractivity contribution in [3.8, 4) is 5.75 Å². The van der Waals surface area contributed by atoms with Gasteiger partial charge in [-0.2, -0.15) is 15.0 Å². The number of thiocarbonyl (C=S) groups is 1. The highest BCUT2D eigenvalue weighted by molar-refractivity contribution is 7.80. The Bertz CT molecular complexity index is 1220. The second kappa shape index (κ2) is 8.89. The standard InChI is InChI=1S/C18H13Cl3F3N5O2S/c1-17(16(25)32,7-29-27-13-11(20)6-10(19)12(21)14(13)28-29)26-15(30)8-3-2-4-9(5-8)31-18(22,23)24/h2-6H,7H2,1H3,(H2,25,32)(H,26,30). The molecule has 0 bridgehead atoms. The van der Waals surface area contributed by atoms with Gasteiger partial charge in [0.25, 0.3) is 5.91 Å². The molecule has 170 valence electrons. The molecule has 0 spiro atoms. The van der Waals surface area contributed by atoms with Gasteiger partial charge < -0.3 is 15.8 Å². The number of fused-ring (bicyclic) bond motifs is 1. The third kappa shape index (κ3) is 5.34. The third-order valence-corrected chi connectivity index (χ3v) is 5.79. The molecule has 3 N–H and O–H groups in total. The van der Waals surface area contributed by atoms with E-state index in [1.165, 1.54) is 29.9 Å². The van der Waals surface area contributed by atoms with Crippen molar-refractivity contribution in [3.63, 3.8) is 0 Å². The van der Waals surface area contributed by atoms with Gasteiger partial charge in [0.05, 0.1) is 21.6 Å². The van der Waals surface area contributed by atoms with Gasteiger partial charge in [-0.3, -0.25) is 4.79 Å². The second-order valence-electron chi connectivity index (χ2n) is 6.81. The van der Waals surface area contributed by atoms with Crippen molar-refractivity contribution in [2.45, 2.75) is 25.4 Å². The average Bonchev–Trinajstić information content (AvgIpc) is 3.09. The molecule has 2 aromatic carbocycles. The molecule has 1 aromatic heterocycles. The molecule has 7 nitrogen and oxygen atoms in total. The lowest BCUT2D eigenvalue weighted by Gasteiger charge is -2.29. The van der Waals surface area contributed by atoms with Crippen LogP contribution in [0.4, 0.5) is 13.2 Å². The van der Waals surface area contributed by atoms with Gasteiger partial charge >= 0.3 is 6.36 Å². The summed E-state index contributed by atoms with van der Waals surface area (Å²) in [6, 6.07) is 5.96. The van der Waals surface area contributed by atoms with E-state index in [0.29, 0.717) is 0 Å². The number of alkyl halides is 3. The van der Waals surface area contributed by atoms with Crippen molar-refractivity contribution in [2.24, 2.45) is 5.73 Å². The molecular formula is C18H13Cl3F3N5O2S. The smallest absolute Gasteiger partial charge is 0.406 e. The Morgan fingerprint density at radius 3 is 2.47 bits per heavy atom. The number of carbonyl (C=O) groups excluding carboxylic acids is 1. The molecule has 0 radical (unpaired) electrons. The van der Waals surface area contributed by atoms with Crippen LogP contribution in [0, 0.1) is 0 Å². The fourth-order valence-electron chi connectivity index (χ4n) is 2.70. The SMILES string of the molecule is CC(Cn1nc2c(Cl)cc(Cl)c(Cl)c2n1)(NC(=O)c1cccc(OC(F)(F)F)c1)C(N)=S. The van der Waals surface area contributed by atoms with Gasteiger partial charge in [-0.1, -0.05) is 53.1 Å². The van der Waals surface area contributed by atoms with Gasteiger partial charge in [0.1, 0.15) is 27.3 Å². The predicted molar refractivity (Wildman–Crippen MR) is 118 cm³/mol. The van der Waals surface area contributed by atoms with Crippen LogP contribution in [-0.2, 0) is 6.54 Å². The van der Waals surface area contributed by atoms with Crippen molar-refractivity contribution in [3.05, 3.63) is 51.0 Å². The number of ether oxygens (including phenoxy) is 1. The van der Waals surface area contributed by atoms with Crippen LogP contribution in [0.2, 0.25) is 15.1 Å². The first-order chi connectivity index (χ1) is 14.8. The highest BCUT2D eigenvalue weighted by atomic mass is 35.5. The van der Waals surface area contributed by atoms with Crippen LogP contribution in [0.1, 0.15) is 17.3 Å². The number of hydrogen-bond acceptors (Lipinski definition) is 5. The Labute approximate surface area is 199 Å². The molecule has 0 saturated heterocycles. The number of nitrogens with one attached hydrogen (secondary N) is 1.